The lowest BCUT2D eigenvalue weighted by molar-refractivity contribution is -0.142. The van der Waals surface area contributed by atoms with E-state index in [0.717, 1.165) is 6.42 Å². The molecule has 0 aromatic rings. The van der Waals surface area contributed by atoms with E-state index in [1.54, 1.807) is 6.92 Å². The lowest BCUT2D eigenvalue weighted by Gasteiger charge is -2.05. The van der Waals surface area contributed by atoms with Gasteiger partial charge < -0.3 is 4.74 Å². The van der Waals surface area contributed by atoms with Gasteiger partial charge in [-0.25, -0.2) is 0 Å². The summed E-state index contributed by atoms with van der Waals surface area (Å²) < 4.78 is 4.69. The van der Waals surface area contributed by atoms with Gasteiger partial charge in [0.1, 0.15) is 5.38 Å². The highest BCUT2D eigenvalue weighted by atomic mass is 35.5. The molecule has 10 heavy (non-hydrogen) atoms. The van der Waals surface area contributed by atoms with Gasteiger partial charge in [0.15, 0.2) is 0 Å². The Morgan fingerprint density at radius 3 is 2.60 bits per heavy atom. The van der Waals surface area contributed by atoms with Crippen molar-refractivity contribution in [2.75, 3.05) is 6.61 Å². The number of halogens is 1. The number of hydrogen-bond acceptors (Lipinski definition) is 2. The van der Waals surface area contributed by atoms with Crippen molar-refractivity contribution >= 4 is 17.6 Å². The summed E-state index contributed by atoms with van der Waals surface area (Å²) in [6.07, 6.45) is 1.60. The molecule has 0 saturated carbocycles. The van der Waals surface area contributed by atoms with Crippen LogP contribution in [-0.4, -0.2) is 18.0 Å². The molecule has 0 unspecified atom stereocenters. The van der Waals surface area contributed by atoms with Crippen LogP contribution in [0.5, 0.6) is 0 Å². The lowest BCUT2D eigenvalue weighted by atomic mass is 10.2. The van der Waals surface area contributed by atoms with Crippen molar-refractivity contribution in [3.63, 3.8) is 0 Å². The second kappa shape index (κ2) is 5.54. The first-order valence-corrected chi connectivity index (χ1v) is 3.96. The zero-order valence-electron chi connectivity index (χ0n) is 6.39. The van der Waals surface area contributed by atoms with E-state index in [4.69, 9.17) is 11.6 Å². The normalized spacial score (nSPS) is 12.7. The molecule has 0 fully saturated rings. The SMILES string of the molecule is CCC[C@H](Cl)C(=O)OCC. The van der Waals surface area contributed by atoms with E-state index in [2.05, 4.69) is 4.74 Å². The van der Waals surface area contributed by atoms with Crippen LogP contribution in [-0.2, 0) is 9.53 Å². The van der Waals surface area contributed by atoms with Crippen LogP contribution < -0.4 is 0 Å². The second-order valence-electron chi connectivity index (χ2n) is 2.01. The van der Waals surface area contributed by atoms with Crippen LogP contribution in [0, 0.1) is 0 Å². The Labute approximate surface area is 66.5 Å². The predicted octanol–water partition coefficient (Wildman–Crippen LogP) is 1.96. The highest BCUT2D eigenvalue weighted by Gasteiger charge is 2.13. The molecule has 0 amide bonds. The molecule has 0 radical (unpaired) electrons. The molecule has 1 atom stereocenters. The minimum Gasteiger partial charge on any atom is -0.465 e. The van der Waals surface area contributed by atoms with Crippen LogP contribution in [0.25, 0.3) is 0 Å². The van der Waals surface area contributed by atoms with E-state index < -0.39 is 5.38 Å². The predicted molar refractivity (Wildman–Crippen MR) is 41.2 cm³/mol. The third kappa shape index (κ3) is 3.72. The third-order valence-corrected chi connectivity index (χ3v) is 1.48. The Hall–Kier alpha value is -0.240. The molecule has 3 heteroatoms. The summed E-state index contributed by atoms with van der Waals surface area (Å²) in [4.78, 5) is 10.8. The summed E-state index contributed by atoms with van der Waals surface area (Å²) in [6, 6.07) is 0. The summed E-state index contributed by atoms with van der Waals surface area (Å²) >= 11 is 5.64. The number of esters is 1. The van der Waals surface area contributed by atoms with Gasteiger partial charge in [-0.1, -0.05) is 13.3 Å². The van der Waals surface area contributed by atoms with Gasteiger partial charge in [0.25, 0.3) is 0 Å². The fourth-order valence-corrected chi connectivity index (χ4v) is 0.885. The van der Waals surface area contributed by atoms with Crippen molar-refractivity contribution in [1.82, 2.24) is 0 Å². The van der Waals surface area contributed by atoms with Gasteiger partial charge in [0, 0.05) is 0 Å². The summed E-state index contributed by atoms with van der Waals surface area (Å²) in [7, 11) is 0. The number of carbonyl (C=O) groups excluding carboxylic acids is 1. The van der Waals surface area contributed by atoms with Crippen LogP contribution in [0.15, 0.2) is 0 Å². The van der Waals surface area contributed by atoms with E-state index in [0.29, 0.717) is 13.0 Å². The van der Waals surface area contributed by atoms with Crippen molar-refractivity contribution in [3.8, 4) is 0 Å². The molecule has 0 aliphatic rings. The summed E-state index contributed by atoms with van der Waals surface area (Å²) in [5.74, 6) is -0.300. The van der Waals surface area contributed by atoms with Gasteiger partial charge in [0.2, 0.25) is 0 Å². The minimum atomic E-state index is -0.454. The van der Waals surface area contributed by atoms with E-state index in [1.165, 1.54) is 0 Å². The van der Waals surface area contributed by atoms with E-state index >= 15 is 0 Å². The number of ether oxygens (including phenoxy) is 1. The lowest BCUT2D eigenvalue weighted by Crippen LogP contribution is -2.17. The molecule has 0 heterocycles. The molecular formula is C7H13ClO2. The first kappa shape index (κ1) is 9.76. The van der Waals surface area contributed by atoms with E-state index in [9.17, 15) is 4.79 Å². The molecule has 2 nitrogen and oxygen atoms in total. The Morgan fingerprint density at radius 2 is 2.20 bits per heavy atom. The number of carbonyl (C=O) groups is 1. The van der Waals surface area contributed by atoms with Gasteiger partial charge in [0.05, 0.1) is 6.61 Å². The molecule has 0 aromatic heterocycles. The molecule has 0 aromatic carbocycles. The van der Waals surface area contributed by atoms with Gasteiger partial charge >= 0.3 is 5.97 Å². The first-order valence-electron chi connectivity index (χ1n) is 3.53. The molecule has 0 N–H and O–H groups in total. The Bertz CT molecular complexity index is 104. The summed E-state index contributed by atoms with van der Waals surface area (Å²) in [6.45, 7) is 4.16. The molecule has 0 spiro atoms. The van der Waals surface area contributed by atoms with Crippen molar-refractivity contribution in [3.05, 3.63) is 0 Å². The first-order chi connectivity index (χ1) is 4.72. The monoisotopic (exact) mass is 164 g/mol. The maximum Gasteiger partial charge on any atom is 0.324 e. The van der Waals surface area contributed by atoms with Gasteiger partial charge in [-0.2, -0.15) is 0 Å². The molecule has 0 bridgehead atoms. The van der Waals surface area contributed by atoms with E-state index in [1.807, 2.05) is 6.92 Å². The van der Waals surface area contributed by atoms with Crippen molar-refractivity contribution in [1.29, 1.82) is 0 Å². The maximum atomic E-state index is 10.8. The highest BCUT2D eigenvalue weighted by Crippen LogP contribution is 2.06. The average Bonchev–Trinajstić information content (AvgIpc) is 1.89. The van der Waals surface area contributed by atoms with Gasteiger partial charge in [-0.05, 0) is 13.3 Å². The largest absolute Gasteiger partial charge is 0.465 e. The Kier molecular flexibility index (Phi) is 5.40. The number of hydrogen-bond donors (Lipinski definition) is 0. The third-order valence-electron chi connectivity index (χ3n) is 1.08. The van der Waals surface area contributed by atoms with Crippen LogP contribution in [0.1, 0.15) is 26.7 Å². The van der Waals surface area contributed by atoms with Gasteiger partial charge in [-0.15, -0.1) is 11.6 Å². The van der Waals surface area contributed by atoms with Crippen LogP contribution in [0.2, 0.25) is 0 Å². The van der Waals surface area contributed by atoms with Crippen LogP contribution >= 0.6 is 11.6 Å². The maximum absolute atomic E-state index is 10.8. The molecule has 0 rings (SSSR count). The van der Waals surface area contributed by atoms with Crippen LogP contribution in [0.3, 0.4) is 0 Å². The minimum absolute atomic E-state index is 0.300. The smallest absolute Gasteiger partial charge is 0.324 e. The Morgan fingerprint density at radius 1 is 1.60 bits per heavy atom. The molecule has 0 aliphatic carbocycles. The molecular weight excluding hydrogens is 152 g/mol. The standard InChI is InChI=1S/C7H13ClO2/c1-3-5-6(8)7(9)10-4-2/h6H,3-5H2,1-2H3/t6-/m0/s1. The van der Waals surface area contributed by atoms with E-state index in [-0.39, 0.29) is 5.97 Å². The molecule has 60 valence electrons. The fraction of sp³-hybridized carbons (Fsp3) is 0.857. The zero-order valence-corrected chi connectivity index (χ0v) is 7.15. The zero-order chi connectivity index (χ0) is 7.98. The second-order valence-corrected chi connectivity index (χ2v) is 2.54. The quantitative estimate of drug-likeness (QED) is 0.469. The number of alkyl halides is 1. The Balaban J connectivity index is 3.49. The highest BCUT2D eigenvalue weighted by molar-refractivity contribution is 6.29. The van der Waals surface area contributed by atoms with Crippen molar-refractivity contribution in [2.24, 2.45) is 0 Å². The fourth-order valence-electron chi connectivity index (χ4n) is 0.604. The molecule has 0 aliphatic heterocycles. The van der Waals surface area contributed by atoms with Crippen molar-refractivity contribution in [2.45, 2.75) is 32.1 Å². The summed E-state index contributed by atoms with van der Waals surface area (Å²) in [5.41, 5.74) is 0. The topological polar surface area (TPSA) is 26.3 Å². The van der Waals surface area contributed by atoms with Crippen molar-refractivity contribution < 1.29 is 9.53 Å². The van der Waals surface area contributed by atoms with Gasteiger partial charge in [-0.3, -0.25) is 4.79 Å². The summed E-state index contributed by atoms with van der Waals surface area (Å²) in [5, 5.41) is -0.454. The van der Waals surface area contributed by atoms with Crippen LogP contribution in [0.4, 0.5) is 0 Å². The number of rotatable bonds is 4. The molecule has 0 saturated heterocycles. The average molecular weight is 165 g/mol.